The lowest BCUT2D eigenvalue weighted by Gasteiger charge is -2.40. The Balaban J connectivity index is 2.68. The lowest BCUT2D eigenvalue weighted by Crippen LogP contribution is -2.56. The van der Waals surface area contributed by atoms with Gasteiger partial charge in [-0.15, -0.1) is 11.8 Å². The molecule has 0 aliphatic carbocycles. The van der Waals surface area contributed by atoms with Crippen LogP contribution in [0.1, 0.15) is 66.2 Å². The Labute approximate surface area is 165 Å². The van der Waals surface area contributed by atoms with Crippen molar-refractivity contribution < 1.29 is 33.3 Å². The van der Waals surface area contributed by atoms with Crippen molar-refractivity contribution in [3.05, 3.63) is 0 Å². The summed E-state index contributed by atoms with van der Waals surface area (Å²) in [4.78, 5) is 34.4. The molecule has 0 unspecified atom stereocenters. The van der Waals surface area contributed by atoms with Gasteiger partial charge in [0.15, 0.2) is 18.3 Å². The summed E-state index contributed by atoms with van der Waals surface area (Å²) >= 11 is 1.53. The van der Waals surface area contributed by atoms with Gasteiger partial charge in [-0.05, 0) is 12.2 Å². The van der Waals surface area contributed by atoms with E-state index in [1.165, 1.54) is 58.2 Å². The Kier molecular flexibility index (Phi) is 11.4. The molecule has 0 aromatic heterocycles. The third-order valence-corrected chi connectivity index (χ3v) is 5.34. The highest BCUT2D eigenvalue weighted by molar-refractivity contribution is 7.99. The fourth-order valence-corrected chi connectivity index (χ4v) is 4.11. The lowest BCUT2D eigenvalue weighted by molar-refractivity contribution is -0.213. The predicted octanol–water partition coefficient (Wildman–Crippen LogP) is 3.23. The van der Waals surface area contributed by atoms with Gasteiger partial charge in [0.2, 0.25) is 0 Å². The van der Waals surface area contributed by atoms with E-state index in [0.29, 0.717) is 0 Å². The molecule has 0 spiro atoms. The van der Waals surface area contributed by atoms with Crippen LogP contribution in [-0.2, 0) is 33.3 Å². The average molecular weight is 405 g/mol. The molecule has 0 saturated carbocycles. The topological polar surface area (TPSA) is 88.1 Å². The summed E-state index contributed by atoms with van der Waals surface area (Å²) < 4.78 is 21.7. The molecule has 0 aromatic carbocycles. The van der Waals surface area contributed by atoms with Gasteiger partial charge in [-0.25, -0.2) is 0 Å². The quantitative estimate of drug-likeness (QED) is 0.295. The van der Waals surface area contributed by atoms with Gasteiger partial charge in [-0.1, -0.05) is 39.0 Å². The summed E-state index contributed by atoms with van der Waals surface area (Å²) in [6.45, 7) is 6.10. The van der Waals surface area contributed by atoms with Gasteiger partial charge in [0.1, 0.15) is 5.44 Å². The third-order valence-electron chi connectivity index (χ3n) is 4.08. The summed E-state index contributed by atoms with van der Waals surface area (Å²) in [5.74, 6) is -0.703. The minimum Gasteiger partial charge on any atom is -0.456 e. The zero-order valence-corrected chi connectivity index (χ0v) is 17.5. The molecule has 1 aliphatic heterocycles. The maximum atomic E-state index is 11.6. The van der Waals surface area contributed by atoms with Crippen LogP contribution >= 0.6 is 11.8 Å². The van der Waals surface area contributed by atoms with E-state index >= 15 is 0 Å². The predicted molar refractivity (Wildman–Crippen MR) is 102 cm³/mol. The molecule has 1 heterocycles. The van der Waals surface area contributed by atoms with Crippen molar-refractivity contribution in [1.82, 2.24) is 0 Å². The Morgan fingerprint density at radius 2 is 1.41 bits per heavy atom. The number of hydrogen-bond donors (Lipinski definition) is 0. The molecule has 0 aromatic rings. The second kappa shape index (κ2) is 13.0. The van der Waals surface area contributed by atoms with Crippen LogP contribution in [0.5, 0.6) is 0 Å². The van der Waals surface area contributed by atoms with E-state index < -0.39 is 41.7 Å². The number of rotatable bonds is 11. The number of carbonyl (C=O) groups is 3. The molecule has 1 saturated heterocycles. The molecule has 8 heteroatoms. The summed E-state index contributed by atoms with van der Waals surface area (Å²) in [5, 5.41) is 0. The Morgan fingerprint density at radius 3 is 2.00 bits per heavy atom. The largest absolute Gasteiger partial charge is 0.456 e. The second-order valence-electron chi connectivity index (χ2n) is 6.64. The van der Waals surface area contributed by atoms with Crippen LogP contribution in [0.15, 0.2) is 0 Å². The molecule has 156 valence electrons. The monoisotopic (exact) mass is 404 g/mol. The number of hydrogen-bond acceptors (Lipinski definition) is 8. The average Bonchev–Trinajstić information content (AvgIpc) is 2.57. The molecule has 1 rings (SSSR count). The van der Waals surface area contributed by atoms with Crippen molar-refractivity contribution >= 4 is 29.7 Å². The summed E-state index contributed by atoms with van der Waals surface area (Å²) in [5.41, 5.74) is -0.472. The number of esters is 3. The van der Waals surface area contributed by atoms with E-state index in [9.17, 15) is 14.4 Å². The van der Waals surface area contributed by atoms with Crippen LogP contribution in [0.4, 0.5) is 0 Å². The van der Waals surface area contributed by atoms with Gasteiger partial charge in [0, 0.05) is 20.8 Å². The Hall–Kier alpha value is -1.28. The van der Waals surface area contributed by atoms with Gasteiger partial charge in [0.05, 0.1) is 6.61 Å². The van der Waals surface area contributed by atoms with Gasteiger partial charge >= 0.3 is 17.9 Å². The third kappa shape index (κ3) is 9.46. The highest BCUT2D eigenvalue weighted by Gasteiger charge is 2.46. The zero-order chi connectivity index (χ0) is 20.2. The van der Waals surface area contributed by atoms with Crippen LogP contribution in [0.3, 0.4) is 0 Å². The number of carbonyl (C=O) groups excluding carboxylic acids is 3. The van der Waals surface area contributed by atoms with E-state index in [2.05, 4.69) is 6.92 Å². The first-order valence-corrected chi connectivity index (χ1v) is 10.6. The molecule has 4 atom stereocenters. The highest BCUT2D eigenvalue weighted by atomic mass is 32.2. The van der Waals surface area contributed by atoms with Gasteiger partial charge in [0.25, 0.3) is 0 Å². The van der Waals surface area contributed by atoms with Crippen molar-refractivity contribution in [2.45, 2.75) is 90.0 Å². The fourth-order valence-electron chi connectivity index (χ4n) is 2.93. The number of unbranched alkanes of at least 4 members (excludes halogenated alkanes) is 5. The molecule has 1 fully saturated rings. The molecule has 7 nitrogen and oxygen atoms in total. The van der Waals surface area contributed by atoms with Gasteiger partial charge in [-0.2, -0.15) is 0 Å². The fraction of sp³-hybridized carbons (Fsp3) is 0.842. The molecule has 0 N–H and O–H groups in total. The Morgan fingerprint density at radius 1 is 0.852 bits per heavy atom. The standard InChI is InChI=1S/C19H32O7S/c1-5-6-7-8-9-10-11-27-19-18(26-15(4)22)17(25-14(3)21)16(12-23-19)24-13(2)20/h16-19H,5-12H2,1-4H3/t16-,17+,18-,19+/m1/s1. The summed E-state index contributed by atoms with van der Waals surface area (Å²) in [7, 11) is 0. The van der Waals surface area contributed by atoms with Crippen molar-refractivity contribution in [2.75, 3.05) is 12.4 Å². The minimum absolute atomic E-state index is 0.0868. The van der Waals surface area contributed by atoms with Crippen LogP contribution in [-0.4, -0.2) is 54.0 Å². The van der Waals surface area contributed by atoms with Crippen molar-refractivity contribution in [2.24, 2.45) is 0 Å². The van der Waals surface area contributed by atoms with E-state index in [-0.39, 0.29) is 6.61 Å². The van der Waals surface area contributed by atoms with E-state index in [1.807, 2.05) is 0 Å². The SMILES string of the molecule is CCCCCCCCS[C@@H]1OC[C@@H](OC(C)=O)[C@H](OC(C)=O)[C@H]1OC(C)=O. The maximum absolute atomic E-state index is 11.6. The van der Waals surface area contributed by atoms with Crippen molar-refractivity contribution in [1.29, 1.82) is 0 Å². The van der Waals surface area contributed by atoms with Crippen LogP contribution in [0.2, 0.25) is 0 Å². The smallest absolute Gasteiger partial charge is 0.303 e. The van der Waals surface area contributed by atoms with Crippen LogP contribution in [0.25, 0.3) is 0 Å². The normalized spacial score (nSPS) is 24.9. The number of thioether (sulfide) groups is 1. The maximum Gasteiger partial charge on any atom is 0.303 e. The lowest BCUT2D eigenvalue weighted by atomic mass is 10.1. The van der Waals surface area contributed by atoms with Crippen molar-refractivity contribution in [3.8, 4) is 0 Å². The molecule has 0 bridgehead atoms. The molecule has 27 heavy (non-hydrogen) atoms. The first-order valence-electron chi connectivity index (χ1n) is 9.60. The summed E-state index contributed by atoms with van der Waals surface area (Å²) in [6, 6.07) is 0. The molecule has 0 radical (unpaired) electrons. The first-order chi connectivity index (χ1) is 12.8. The molecular formula is C19H32O7S. The van der Waals surface area contributed by atoms with Crippen LogP contribution < -0.4 is 0 Å². The van der Waals surface area contributed by atoms with E-state index in [0.717, 1.165) is 18.6 Å². The Bertz CT molecular complexity index is 483. The first kappa shape index (κ1) is 23.8. The van der Waals surface area contributed by atoms with Gasteiger partial charge < -0.3 is 18.9 Å². The highest BCUT2D eigenvalue weighted by Crippen LogP contribution is 2.31. The molecule has 0 amide bonds. The second-order valence-corrected chi connectivity index (χ2v) is 7.84. The van der Waals surface area contributed by atoms with E-state index in [1.54, 1.807) is 0 Å². The summed E-state index contributed by atoms with van der Waals surface area (Å²) in [6.07, 6.45) is 4.59. The van der Waals surface area contributed by atoms with E-state index in [4.69, 9.17) is 18.9 Å². The minimum atomic E-state index is -0.883. The van der Waals surface area contributed by atoms with Crippen molar-refractivity contribution in [3.63, 3.8) is 0 Å². The van der Waals surface area contributed by atoms with Crippen LogP contribution in [0, 0.1) is 0 Å². The zero-order valence-electron chi connectivity index (χ0n) is 16.7. The molecular weight excluding hydrogens is 372 g/mol. The van der Waals surface area contributed by atoms with Gasteiger partial charge in [-0.3, -0.25) is 14.4 Å². The molecule has 1 aliphatic rings. The number of ether oxygens (including phenoxy) is 4.